The van der Waals surface area contributed by atoms with E-state index in [9.17, 15) is 1.37 Å². The Morgan fingerprint density at radius 3 is 2.56 bits per heavy atom. The van der Waals surface area contributed by atoms with Gasteiger partial charge in [-0.05, 0) is 43.1 Å². The van der Waals surface area contributed by atoms with Crippen molar-refractivity contribution >= 4 is 27.6 Å². The molecule has 3 nitrogen and oxygen atoms in total. The zero-order valence-electron chi connectivity index (χ0n) is 29.2. The predicted octanol–water partition coefficient (Wildman–Crippen LogP) is 7.88. The van der Waals surface area contributed by atoms with Gasteiger partial charge >= 0.3 is 0 Å². The van der Waals surface area contributed by atoms with Crippen molar-refractivity contribution in [3.8, 4) is 11.3 Å². The zero-order valence-corrected chi connectivity index (χ0v) is 19.2. The van der Waals surface area contributed by atoms with Crippen LogP contribution in [0.15, 0.2) is 34.7 Å². The van der Waals surface area contributed by atoms with E-state index in [0.717, 1.165) is 0 Å². The molecule has 0 spiro atoms. The normalized spacial score (nSPS) is 19.4. The molecule has 0 saturated heterocycles. The van der Waals surface area contributed by atoms with Gasteiger partial charge in [-0.3, -0.25) is 0 Å². The van der Waals surface area contributed by atoms with E-state index in [4.69, 9.17) is 23.3 Å². The summed E-state index contributed by atoms with van der Waals surface area (Å²) in [7, 11) is 1.62. The number of hydrogen-bond acceptors (Lipinski definition) is 1. The third kappa shape index (κ3) is 3.39. The first-order valence-electron chi connectivity index (χ1n) is 15.5. The van der Waals surface area contributed by atoms with Crippen LogP contribution in [0.4, 0.5) is 5.69 Å². The summed E-state index contributed by atoms with van der Waals surface area (Å²) in [6, 6.07) is 6.39. The highest BCUT2D eigenvalue weighted by Gasteiger charge is 2.26. The Morgan fingerprint density at radius 2 is 1.91 bits per heavy atom. The van der Waals surface area contributed by atoms with E-state index in [-0.39, 0.29) is 51.0 Å². The highest BCUT2D eigenvalue weighted by molar-refractivity contribution is 6.11. The van der Waals surface area contributed by atoms with Gasteiger partial charge in [0.2, 0.25) is 5.69 Å². The maximum atomic E-state index is 9.29. The molecule has 0 saturated carbocycles. The van der Waals surface area contributed by atoms with E-state index in [1.54, 1.807) is 57.5 Å². The zero-order chi connectivity index (χ0) is 31.9. The van der Waals surface area contributed by atoms with Crippen molar-refractivity contribution in [3.63, 3.8) is 0 Å². The minimum absolute atomic E-state index is 0.0227. The van der Waals surface area contributed by atoms with Gasteiger partial charge < -0.3 is 4.42 Å². The lowest BCUT2D eigenvalue weighted by molar-refractivity contribution is -0.667. The second kappa shape index (κ2) is 8.10. The Kier molecular flexibility index (Phi) is 3.24. The summed E-state index contributed by atoms with van der Waals surface area (Å²) < 4.78 is 92.5. The quantitative estimate of drug-likeness (QED) is 0.236. The second-order valence-corrected chi connectivity index (χ2v) is 8.48. The molecular formula is C29H33N2O+. The van der Waals surface area contributed by atoms with Gasteiger partial charge in [-0.2, -0.15) is 4.57 Å². The molecule has 2 heterocycles. The lowest BCUT2D eigenvalue weighted by Gasteiger charge is -2.14. The van der Waals surface area contributed by atoms with E-state index in [1.165, 1.54) is 13.0 Å². The Morgan fingerprint density at radius 1 is 1.19 bits per heavy atom. The minimum atomic E-state index is -2.78. The predicted molar refractivity (Wildman–Crippen MR) is 133 cm³/mol. The average Bonchev–Trinajstić information content (AvgIpc) is 3.23. The topological polar surface area (TPSA) is 21.4 Å². The fourth-order valence-electron chi connectivity index (χ4n) is 4.15. The van der Waals surface area contributed by atoms with Gasteiger partial charge in [0.1, 0.15) is 18.2 Å². The fraction of sp³-hybridized carbons (Fsp3) is 0.379. The number of furan rings is 1. The van der Waals surface area contributed by atoms with Crippen LogP contribution in [0, 0.1) is 33.2 Å². The molecule has 2 aromatic heterocycles. The first kappa shape index (κ1) is 12.8. The standard InChI is InChI=1S/C29H33N2O/c1-16(2)14-21-15-25(31(9)20(7)19(21)6)27-18(5)10-11-22-23-12-13-24(30-8)26(17(3)4)28(23)32-29(22)27/h10-13,15-17H,14H2,1-7,9H3/q+1/i3D3,6D3,14D2,15D,17D. The summed E-state index contributed by atoms with van der Waals surface area (Å²) in [4.78, 5) is 3.49. The molecule has 4 aromatic rings. The molecule has 4 rings (SSSR count). The van der Waals surface area contributed by atoms with Crippen molar-refractivity contribution in [2.24, 2.45) is 13.0 Å². The Hall–Kier alpha value is -3.12. The van der Waals surface area contributed by atoms with Crippen molar-refractivity contribution in [2.45, 2.75) is 60.6 Å². The molecule has 0 aliphatic heterocycles. The summed E-state index contributed by atoms with van der Waals surface area (Å²) in [5, 5.41) is 1.04. The number of aromatic nitrogens is 1. The van der Waals surface area contributed by atoms with Crippen molar-refractivity contribution in [2.75, 3.05) is 0 Å². The van der Waals surface area contributed by atoms with E-state index in [0.29, 0.717) is 21.9 Å². The summed E-state index contributed by atoms with van der Waals surface area (Å²) in [5.41, 5.74) is 1.38. The van der Waals surface area contributed by atoms with Crippen LogP contribution in [0.2, 0.25) is 0 Å². The molecule has 0 amide bonds. The number of fused-ring (bicyclic) bond motifs is 3. The van der Waals surface area contributed by atoms with E-state index >= 15 is 0 Å². The Balaban J connectivity index is 2.26. The van der Waals surface area contributed by atoms with Crippen LogP contribution in [0.1, 0.15) is 75.2 Å². The maximum Gasteiger partial charge on any atom is 0.216 e. The minimum Gasteiger partial charge on any atom is -0.456 e. The van der Waals surface area contributed by atoms with Gasteiger partial charge in [-0.25, -0.2) is 4.85 Å². The number of aryl methyl sites for hydroxylation is 1. The van der Waals surface area contributed by atoms with Gasteiger partial charge in [0.25, 0.3) is 0 Å². The fourth-order valence-corrected chi connectivity index (χ4v) is 4.15. The molecule has 2 aromatic carbocycles. The van der Waals surface area contributed by atoms with Crippen molar-refractivity contribution < 1.29 is 22.7 Å². The molecule has 0 bridgehead atoms. The molecule has 0 aliphatic carbocycles. The number of benzene rings is 2. The average molecular weight is 436 g/mol. The third-order valence-corrected chi connectivity index (χ3v) is 5.86. The molecule has 0 fully saturated rings. The lowest BCUT2D eigenvalue weighted by Crippen LogP contribution is -2.36. The molecule has 1 atom stereocenters. The van der Waals surface area contributed by atoms with Gasteiger partial charge in [0, 0.05) is 47.2 Å². The van der Waals surface area contributed by atoms with Gasteiger partial charge in [-0.15, -0.1) is 0 Å². The first-order chi connectivity index (χ1) is 19.1. The van der Waals surface area contributed by atoms with Gasteiger partial charge in [-0.1, -0.05) is 51.9 Å². The Bertz CT molecular complexity index is 1790. The molecule has 0 N–H and O–H groups in total. The highest BCUT2D eigenvalue weighted by Crippen LogP contribution is 2.42. The number of nitrogens with zero attached hydrogens (tertiary/aromatic N) is 2. The van der Waals surface area contributed by atoms with Crippen LogP contribution in [-0.4, -0.2) is 0 Å². The molecular weight excluding hydrogens is 392 g/mol. The monoisotopic (exact) mass is 435 g/mol. The number of pyridine rings is 1. The van der Waals surface area contributed by atoms with Crippen LogP contribution in [0.25, 0.3) is 38.0 Å². The molecule has 0 aliphatic rings. The number of rotatable bonds is 4. The maximum absolute atomic E-state index is 9.29. The second-order valence-electron chi connectivity index (χ2n) is 8.48. The van der Waals surface area contributed by atoms with E-state index < -0.39 is 31.9 Å². The van der Waals surface area contributed by atoms with Crippen LogP contribution in [-0.2, 0) is 13.4 Å². The summed E-state index contributed by atoms with van der Waals surface area (Å²) in [6.45, 7) is 10.1. The third-order valence-electron chi connectivity index (χ3n) is 5.86. The van der Waals surface area contributed by atoms with Gasteiger partial charge in [0.15, 0.2) is 11.4 Å². The summed E-state index contributed by atoms with van der Waals surface area (Å²) in [5.74, 6) is -2.82. The van der Waals surface area contributed by atoms with Gasteiger partial charge in [0.05, 0.1) is 13.5 Å². The summed E-state index contributed by atoms with van der Waals surface area (Å²) in [6.07, 6.45) is -2.16. The van der Waals surface area contributed by atoms with Crippen LogP contribution >= 0.6 is 0 Å². The molecule has 1 unspecified atom stereocenters. The van der Waals surface area contributed by atoms with Crippen LogP contribution < -0.4 is 4.57 Å². The van der Waals surface area contributed by atoms with E-state index in [1.807, 2.05) is 0 Å². The Labute approximate surface area is 205 Å². The molecule has 164 valence electrons. The smallest absolute Gasteiger partial charge is 0.216 e. The molecule has 32 heavy (non-hydrogen) atoms. The van der Waals surface area contributed by atoms with Crippen LogP contribution in [0.5, 0.6) is 0 Å². The largest absolute Gasteiger partial charge is 0.456 e. The lowest BCUT2D eigenvalue weighted by atomic mass is 9.93. The van der Waals surface area contributed by atoms with Crippen molar-refractivity contribution in [1.29, 1.82) is 0 Å². The summed E-state index contributed by atoms with van der Waals surface area (Å²) >= 11 is 0. The SMILES string of the molecule is [2H]c1c(C([2H])([2H])C(C)C)c(C([2H])([2H])[2H])c(C)[n+](C)c1-c1c(C)ccc2c1oc1c(C([2H])(C)C([2H])([2H])[2H])c([N+]#[C-])ccc12. The number of hydrogen-bond donors (Lipinski definition) is 0. The van der Waals surface area contributed by atoms with Crippen molar-refractivity contribution in [1.82, 2.24) is 0 Å². The van der Waals surface area contributed by atoms with Crippen molar-refractivity contribution in [3.05, 3.63) is 69.7 Å². The van der Waals surface area contributed by atoms with E-state index in [2.05, 4.69) is 4.85 Å². The van der Waals surface area contributed by atoms with Crippen LogP contribution in [0.3, 0.4) is 0 Å². The highest BCUT2D eigenvalue weighted by atomic mass is 16.3. The molecule has 0 radical (unpaired) electrons. The first-order valence-corrected chi connectivity index (χ1v) is 10.5. The molecule has 3 heteroatoms.